The van der Waals surface area contributed by atoms with Crippen LogP contribution in [-0.4, -0.2) is 27.2 Å². The van der Waals surface area contributed by atoms with E-state index in [9.17, 15) is 0 Å². The van der Waals surface area contributed by atoms with Crippen molar-refractivity contribution in [1.82, 2.24) is 20.6 Å². The van der Waals surface area contributed by atoms with Gasteiger partial charge in [0.05, 0.1) is 6.61 Å². The maximum atomic E-state index is 5.91. The fraction of sp³-hybridized carbons (Fsp3) is 0.300. The zero-order chi connectivity index (χ0) is 11.4. The molecule has 0 spiro atoms. The van der Waals surface area contributed by atoms with E-state index in [0.29, 0.717) is 18.9 Å². The van der Waals surface area contributed by atoms with Crippen LogP contribution in [0.15, 0.2) is 18.2 Å². The van der Waals surface area contributed by atoms with Gasteiger partial charge >= 0.3 is 0 Å². The number of halogens is 1. The first-order chi connectivity index (χ1) is 7.75. The standard InChI is InChI=1S/C10H11ClN4O/c1-7-6-8(2-3-9(7)11)16-5-4-10-12-14-15-13-10/h2-3,6H,4-5H2,1H3,(H,12,13,14,15). The molecule has 16 heavy (non-hydrogen) atoms. The summed E-state index contributed by atoms with van der Waals surface area (Å²) >= 11 is 5.91. The molecule has 0 unspecified atom stereocenters. The minimum Gasteiger partial charge on any atom is -0.493 e. The molecule has 1 N–H and O–H groups in total. The molecule has 2 rings (SSSR count). The van der Waals surface area contributed by atoms with Gasteiger partial charge in [-0.1, -0.05) is 16.8 Å². The molecule has 0 aliphatic carbocycles. The lowest BCUT2D eigenvalue weighted by Crippen LogP contribution is -2.03. The number of ether oxygens (including phenoxy) is 1. The first kappa shape index (κ1) is 10.9. The van der Waals surface area contributed by atoms with Gasteiger partial charge in [-0.2, -0.15) is 5.21 Å². The molecule has 0 fully saturated rings. The molecule has 0 aliphatic rings. The van der Waals surface area contributed by atoms with Crippen LogP contribution in [0.4, 0.5) is 0 Å². The normalized spacial score (nSPS) is 10.4. The number of hydrogen-bond donors (Lipinski definition) is 1. The lowest BCUT2D eigenvalue weighted by molar-refractivity contribution is 0.318. The van der Waals surface area contributed by atoms with E-state index in [0.717, 1.165) is 16.3 Å². The van der Waals surface area contributed by atoms with Gasteiger partial charge in [0.15, 0.2) is 5.82 Å². The fourth-order valence-corrected chi connectivity index (χ4v) is 1.37. The molecule has 0 saturated heterocycles. The molecule has 1 aromatic heterocycles. The Bertz CT molecular complexity index is 458. The molecule has 5 nitrogen and oxygen atoms in total. The van der Waals surface area contributed by atoms with Crippen molar-refractivity contribution < 1.29 is 4.74 Å². The molecule has 2 aromatic rings. The van der Waals surface area contributed by atoms with Crippen molar-refractivity contribution in [1.29, 1.82) is 0 Å². The topological polar surface area (TPSA) is 63.7 Å². The van der Waals surface area contributed by atoms with Gasteiger partial charge in [-0.3, -0.25) is 0 Å². The zero-order valence-electron chi connectivity index (χ0n) is 8.77. The van der Waals surface area contributed by atoms with E-state index in [1.165, 1.54) is 0 Å². The second kappa shape index (κ2) is 4.94. The van der Waals surface area contributed by atoms with E-state index in [1.54, 1.807) is 0 Å². The molecular weight excluding hydrogens is 228 g/mol. The number of aryl methyl sites for hydroxylation is 1. The van der Waals surface area contributed by atoms with Crippen molar-refractivity contribution in [2.75, 3.05) is 6.61 Å². The Labute approximate surface area is 97.8 Å². The van der Waals surface area contributed by atoms with Crippen LogP contribution in [0.25, 0.3) is 0 Å². The quantitative estimate of drug-likeness (QED) is 0.882. The molecule has 1 aromatic carbocycles. The largest absolute Gasteiger partial charge is 0.493 e. The maximum Gasteiger partial charge on any atom is 0.177 e. The second-order valence-electron chi connectivity index (χ2n) is 3.34. The molecule has 0 saturated carbocycles. The first-order valence-corrected chi connectivity index (χ1v) is 5.25. The second-order valence-corrected chi connectivity index (χ2v) is 3.74. The summed E-state index contributed by atoms with van der Waals surface area (Å²) in [4.78, 5) is 0. The van der Waals surface area contributed by atoms with E-state index in [-0.39, 0.29) is 0 Å². The Morgan fingerprint density at radius 2 is 2.31 bits per heavy atom. The van der Waals surface area contributed by atoms with Crippen molar-refractivity contribution in [3.8, 4) is 5.75 Å². The van der Waals surface area contributed by atoms with Crippen LogP contribution in [0.1, 0.15) is 11.4 Å². The Morgan fingerprint density at radius 1 is 1.44 bits per heavy atom. The third-order valence-corrected chi connectivity index (χ3v) is 2.54. The number of nitrogens with one attached hydrogen (secondary N) is 1. The Morgan fingerprint density at radius 3 is 3.00 bits per heavy atom. The third-order valence-electron chi connectivity index (χ3n) is 2.11. The Kier molecular flexibility index (Phi) is 3.36. The van der Waals surface area contributed by atoms with Crippen LogP contribution in [0.5, 0.6) is 5.75 Å². The van der Waals surface area contributed by atoms with Crippen molar-refractivity contribution in [2.24, 2.45) is 0 Å². The first-order valence-electron chi connectivity index (χ1n) is 4.87. The van der Waals surface area contributed by atoms with Crippen molar-refractivity contribution >= 4 is 11.6 Å². The molecule has 0 amide bonds. The Balaban J connectivity index is 1.87. The van der Waals surface area contributed by atoms with Crippen molar-refractivity contribution in [3.05, 3.63) is 34.6 Å². The Hall–Kier alpha value is -1.62. The van der Waals surface area contributed by atoms with Gasteiger partial charge in [0.1, 0.15) is 5.75 Å². The number of aromatic nitrogens is 4. The zero-order valence-corrected chi connectivity index (χ0v) is 9.53. The summed E-state index contributed by atoms with van der Waals surface area (Å²) in [6.07, 6.45) is 0.623. The predicted molar refractivity (Wildman–Crippen MR) is 59.6 cm³/mol. The number of H-pyrrole nitrogens is 1. The summed E-state index contributed by atoms with van der Waals surface area (Å²) in [7, 11) is 0. The molecule has 84 valence electrons. The van der Waals surface area contributed by atoms with Crippen molar-refractivity contribution in [2.45, 2.75) is 13.3 Å². The number of rotatable bonds is 4. The van der Waals surface area contributed by atoms with Gasteiger partial charge in [-0.25, -0.2) is 0 Å². The van der Waals surface area contributed by atoms with Crippen molar-refractivity contribution in [3.63, 3.8) is 0 Å². The van der Waals surface area contributed by atoms with Crippen LogP contribution < -0.4 is 4.74 Å². The smallest absolute Gasteiger partial charge is 0.177 e. The van der Waals surface area contributed by atoms with Gasteiger partial charge < -0.3 is 4.74 Å². The highest BCUT2D eigenvalue weighted by molar-refractivity contribution is 6.31. The molecule has 0 atom stereocenters. The van der Waals surface area contributed by atoms with Crippen LogP contribution in [0.3, 0.4) is 0 Å². The van der Waals surface area contributed by atoms with E-state index in [1.807, 2.05) is 25.1 Å². The van der Waals surface area contributed by atoms with E-state index < -0.39 is 0 Å². The van der Waals surface area contributed by atoms with Gasteiger partial charge in [-0.15, -0.1) is 10.2 Å². The molecule has 1 heterocycles. The van der Waals surface area contributed by atoms with Crippen LogP contribution in [0.2, 0.25) is 5.02 Å². The highest BCUT2D eigenvalue weighted by Gasteiger charge is 2.01. The SMILES string of the molecule is Cc1cc(OCCc2nn[nH]n2)ccc1Cl. The summed E-state index contributed by atoms with van der Waals surface area (Å²) in [6, 6.07) is 5.56. The third kappa shape index (κ3) is 2.70. The highest BCUT2D eigenvalue weighted by atomic mass is 35.5. The number of aromatic amines is 1. The van der Waals surface area contributed by atoms with Gasteiger partial charge in [0.2, 0.25) is 0 Å². The molecule has 0 bridgehead atoms. The molecular formula is C10H11ClN4O. The van der Waals surface area contributed by atoms with E-state index in [2.05, 4.69) is 20.6 Å². The van der Waals surface area contributed by atoms with Crippen LogP contribution in [0, 0.1) is 6.92 Å². The summed E-state index contributed by atoms with van der Waals surface area (Å²) in [5, 5.41) is 14.3. The molecule has 0 radical (unpaired) electrons. The summed E-state index contributed by atoms with van der Waals surface area (Å²) in [6.45, 7) is 2.45. The number of nitrogens with zero attached hydrogens (tertiary/aromatic N) is 3. The van der Waals surface area contributed by atoms with Crippen LogP contribution in [-0.2, 0) is 6.42 Å². The highest BCUT2D eigenvalue weighted by Crippen LogP contribution is 2.20. The number of hydrogen-bond acceptors (Lipinski definition) is 4. The summed E-state index contributed by atoms with van der Waals surface area (Å²) < 4.78 is 5.53. The minimum absolute atomic E-state index is 0.514. The number of tetrazole rings is 1. The van der Waals surface area contributed by atoms with Gasteiger partial charge in [-0.05, 0) is 30.7 Å². The molecule has 6 heteroatoms. The predicted octanol–water partition coefficient (Wildman–Crippen LogP) is 1.78. The van der Waals surface area contributed by atoms with Gasteiger partial charge in [0, 0.05) is 11.4 Å². The lowest BCUT2D eigenvalue weighted by atomic mass is 10.2. The summed E-state index contributed by atoms with van der Waals surface area (Å²) in [5.74, 6) is 1.44. The average molecular weight is 239 g/mol. The minimum atomic E-state index is 0.514. The monoisotopic (exact) mass is 238 g/mol. The lowest BCUT2D eigenvalue weighted by Gasteiger charge is -2.06. The van der Waals surface area contributed by atoms with Crippen LogP contribution >= 0.6 is 11.6 Å². The average Bonchev–Trinajstić information content (AvgIpc) is 2.76. The van der Waals surface area contributed by atoms with Gasteiger partial charge in [0.25, 0.3) is 0 Å². The maximum absolute atomic E-state index is 5.91. The van der Waals surface area contributed by atoms with E-state index in [4.69, 9.17) is 16.3 Å². The number of benzene rings is 1. The summed E-state index contributed by atoms with van der Waals surface area (Å²) in [5.41, 5.74) is 0.999. The van der Waals surface area contributed by atoms with E-state index >= 15 is 0 Å². The molecule has 0 aliphatic heterocycles. The fourth-order valence-electron chi connectivity index (χ4n) is 1.26.